The van der Waals surface area contributed by atoms with Crippen molar-refractivity contribution in [2.75, 3.05) is 23.3 Å². The number of anilines is 2. The van der Waals surface area contributed by atoms with Crippen molar-refractivity contribution in [1.82, 2.24) is 9.97 Å². The monoisotopic (exact) mass is 248 g/mol. The van der Waals surface area contributed by atoms with E-state index in [-0.39, 0.29) is 5.91 Å². The molecule has 0 bridgehead atoms. The lowest BCUT2D eigenvalue weighted by atomic mass is 10.00. The fraction of sp³-hybridized carbons (Fsp3) is 0.615. The van der Waals surface area contributed by atoms with Crippen LogP contribution in [0.5, 0.6) is 0 Å². The maximum absolute atomic E-state index is 11.2. The molecule has 1 N–H and O–H groups in total. The van der Waals surface area contributed by atoms with Gasteiger partial charge in [-0.3, -0.25) is 4.79 Å². The molecule has 2 rings (SSSR count). The van der Waals surface area contributed by atoms with E-state index in [1.807, 2.05) is 6.92 Å². The zero-order valence-electron chi connectivity index (χ0n) is 11.0. The Labute approximate surface area is 108 Å². The SMILES string of the molecule is CCC(=O)Nc1cnc(N2CCC(C)CC2)nc1. The van der Waals surface area contributed by atoms with Crippen molar-refractivity contribution in [3.8, 4) is 0 Å². The lowest BCUT2D eigenvalue weighted by Crippen LogP contribution is -2.34. The highest BCUT2D eigenvalue weighted by atomic mass is 16.1. The lowest BCUT2D eigenvalue weighted by molar-refractivity contribution is -0.115. The molecule has 0 radical (unpaired) electrons. The largest absolute Gasteiger partial charge is 0.341 e. The molecule has 18 heavy (non-hydrogen) atoms. The highest BCUT2D eigenvalue weighted by Gasteiger charge is 2.17. The Morgan fingerprint density at radius 2 is 2.00 bits per heavy atom. The highest BCUT2D eigenvalue weighted by Crippen LogP contribution is 2.20. The topological polar surface area (TPSA) is 58.1 Å². The van der Waals surface area contributed by atoms with Crippen LogP contribution in [0.3, 0.4) is 0 Å². The van der Waals surface area contributed by atoms with Gasteiger partial charge < -0.3 is 10.2 Å². The molecular weight excluding hydrogens is 228 g/mol. The third-order valence-corrected chi connectivity index (χ3v) is 3.31. The van der Waals surface area contributed by atoms with Gasteiger partial charge in [0.15, 0.2) is 0 Å². The number of hydrogen-bond donors (Lipinski definition) is 1. The number of carbonyl (C=O) groups is 1. The smallest absolute Gasteiger partial charge is 0.225 e. The summed E-state index contributed by atoms with van der Waals surface area (Å²) in [5.41, 5.74) is 0.663. The molecule has 5 heteroatoms. The quantitative estimate of drug-likeness (QED) is 0.889. The van der Waals surface area contributed by atoms with E-state index in [1.165, 1.54) is 12.8 Å². The van der Waals surface area contributed by atoms with Gasteiger partial charge in [-0.15, -0.1) is 0 Å². The first kappa shape index (κ1) is 12.8. The van der Waals surface area contributed by atoms with E-state index in [4.69, 9.17) is 0 Å². The van der Waals surface area contributed by atoms with Crippen LogP contribution in [0.15, 0.2) is 12.4 Å². The molecule has 0 unspecified atom stereocenters. The van der Waals surface area contributed by atoms with Crippen LogP contribution in [0.25, 0.3) is 0 Å². The second kappa shape index (κ2) is 5.80. The van der Waals surface area contributed by atoms with Gasteiger partial charge in [0.25, 0.3) is 0 Å². The van der Waals surface area contributed by atoms with Gasteiger partial charge in [-0.1, -0.05) is 13.8 Å². The molecule has 0 atom stereocenters. The van der Waals surface area contributed by atoms with Gasteiger partial charge in [-0.25, -0.2) is 9.97 Å². The fourth-order valence-electron chi connectivity index (χ4n) is 2.01. The predicted octanol–water partition coefficient (Wildman–Crippen LogP) is 2.06. The number of nitrogens with zero attached hydrogens (tertiary/aromatic N) is 3. The number of hydrogen-bond acceptors (Lipinski definition) is 4. The highest BCUT2D eigenvalue weighted by molar-refractivity contribution is 5.90. The third-order valence-electron chi connectivity index (χ3n) is 3.31. The van der Waals surface area contributed by atoms with Crippen LogP contribution in [-0.2, 0) is 4.79 Å². The van der Waals surface area contributed by atoms with Crippen LogP contribution in [0, 0.1) is 5.92 Å². The van der Waals surface area contributed by atoms with Gasteiger partial charge in [0, 0.05) is 19.5 Å². The number of carbonyl (C=O) groups excluding carboxylic acids is 1. The van der Waals surface area contributed by atoms with Gasteiger partial charge in [0.2, 0.25) is 11.9 Å². The summed E-state index contributed by atoms with van der Waals surface area (Å²) in [7, 11) is 0. The standard InChI is InChI=1S/C13H20N4O/c1-3-12(18)16-11-8-14-13(15-9-11)17-6-4-10(2)5-7-17/h8-10H,3-7H2,1-2H3,(H,16,18). The fourth-order valence-corrected chi connectivity index (χ4v) is 2.01. The van der Waals surface area contributed by atoms with E-state index in [1.54, 1.807) is 12.4 Å². The van der Waals surface area contributed by atoms with Gasteiger partial charge in [-0.05, 0) is 18.8 Å². The second-order valence-corrected chi connectivity index (χ2v) is 4.84. The molecule has 1 fully saturated rings. The molecule has 0 aliphatic carbocycles. The predicted molar refractivity (Wildman–Crippen MR) is 71.6 cm³/mol. The van der Waals surface area contributed by atoms with E-state index < -0.39 is 0 Å². The van der Waals surface area contributed by atoms with Gasteiger partial charge >= 0.3 is 0 Å². The summed E-state index contributed by atoms with van der Waals surface area (Å²) in [6.45, 7) is 6.13. The summed E-state index contributed by atoms with van der Waals surface area (Å²) in [6, 6.07) is 0. The molecule has 0 spiro atoms. The minimum atomic E-state index is -0.0156. The van der Waals surface area contributed by atoms with Crippen molar-refractivity contribution in [3.05, 3.63) is 12.4 Å². The van der Waals surface area contributed by atoms with E-state index in [9.17, 15) is 4.79 Å². The Hall–Kier alpha value is -1.65. The normalized spacial score (nSPS) is 16.7. The second-order valence-electron chi connectivity index (χ2n) is 4.84. The van der Waals surface area contributed by atoms with Gasteiger partial charge in [-0.2, -0.15) is 0 Å². The van der Waals surface area contributed by atoms with Crippen LogP contribution < -0.4 is 10.2 Å². The zero-order valence-corrected chi connectivity index (χ0v) is 11.0. The minimum Gasteiger partial charge on any atom is -0.341 e. The van der Waals surface area contributed by atoms with Crippen LogP contribution in [0.1, 0.15) is 33.1 Å². The molecule has 1 aliphatic heterocycles. The van der Waals surface area contributed by atoms with Crippen LogP contribution in [0.2, 0.25) is 0 Å². The van der Waals surface area contributed by atoms with Crippen molar-refractivity contribution < 1.29 is 4.79 Å². The first-order valence-corrected chi connectivity index (χ1v) is 6.56. The van der Waals surface area contributed by atoms with E-state index in [0.29, 0.717) is 12.1 Å². The molecule has 5 nitrogen and oxygen atoms in total. The van der Waals surface area contributed by atoms with Gasteiger partial charge in [0.05, 0.1) is 18.1 Å². The number of nitrogens with one attached hydrogen (secondary N) is 1. The van der Waals surface area contributed by atoms with E-state index in [2.05, 4.69) is 27.1 Å². The van der Waals surface area contributed by atoms with Crippen molar-refractivity contribution >= 4 is 17.5 Å². The first-order valence-electron chi connectivity index (χ1n) is 6.56. The van der Waals surface area contributed by atoms with Crippen LogP contribution in [0.4, 0.5) is 11.6 Å². The van der Waals surface area contributed by atoms with Crippen molar-refractivity contribution in [1.29, 1.82) is 0 Å². The molecular formula is C13H20N4O. The molecule has 98 valence electrons. The lowest BCUT2D eigenvalue weighted by Gasteiger charge is -2.30. The molecule has 1 saturated heterocycles. The molecule has 0 saturated carbocycles. The average Bonchev–Trinajstić information content (AvgIpc) is 2.40. The first-order chi connectivity index (χ1) is 8.69. The molecule has 1 aromatic heterocycles. The van der Waals surface area contributed by atoms with Crippen LogP contribution in [-0.4, -0.2) is 29.0 Å². The van der Waals surface area contributed by atoms with Crippen LogP contribution >= 0.6 is 0 Å². The Morgan fingerprint density at radius 1 is 1.39 bits per heavy atom. The Kier molecular flexibility index (Phi) is 4.12. The third kappa shape index (κ3) is 3.18. The maximum Gasteiger partial charge on any atom is 0.225 e. The summed E-state index contributed by atoms with van der Waals surface area (Å²) < 4.78 is 0. The van der Waals surface area contributed by atoms with E-state index >= 15 is 0 Å². The zero-order chi connectivity index (χ0) is 13.0. The molecule has 1 aromatic rings. The van der Waals surface area contributed by atoms with Gasteiger partial charge in [0.1, 0.15) is 0 Å². The number of amides is 1. The summed E-state index contributed by atoms with van der Waals surface area (Å²) in [6.07, 6.45) is 6.20. The Balaban J connectivity index is 1.97. The van der Waals surface area contributed by atoms with E-state index in [0.717, 1.165) is 25.0 Å². The van der Waals surface area contributed by atoms with Crippen molar-refractivity contribution in [3.63, 3.8) is 0 Å². The summed E-state index contributed by atoms with van der Waals surface area (Å²) in [5, 5.41) is 2.75. The summed E-state index contributed by atoms with van der Waals surface area (Å²) in [4.78, 5) is 22.1. The average molecular weight is 248 g/mol. The molecule has 1 aliphatic rings. The Morgan fingerprint density at radius 3 is 2.56 bits per heavy atom. The molecule has 1 amide bonds. The minimum absolute atomic E-state index is 0.0156. The van der Waals surface area contributed by atoms with Crippen molar-refractivity contribution in [2.24, 2.45) is 5.92 Å². The Bertz CT molecular complexity index is 396. The maximum atomic E-state index is 11.2. The molecule has 0 aromatic carbocycles. The number of rotatable bonds is 3. The summed E-state index contributed by atoms with van der Waals surface area (Å²) in [5.74, 6) is 1.54. The summed E-state index contributed by atoms with van der Waals surface area (Å²) >= 11 is 0. The van der Waals surface area contributed by atoms with Crippen molar-refractivity contribution in [2.45, 2.75) is 33.1 Å². The number of piperidine rings is 1. The number of aromatic nitrogens is 2. The molecule has 2 heterocycles.